The molecule has 1 aromatic rings. The Hall–Kier alpha value is -0.870. The lowest BCUT2D eigenvalue weighted by molar-refractivity contribution is 0.0489. The van der Waals surface area contributed by atoms with E-state index < -0.39 is 0 Å². The highest BCUT2D eigenvalue weighted by molar-refractivity contribution is 5.12. The predicted octanol–water partition coefficient (Wildman–Crippen LogP) is 1.91. The van der Waals surface area contributed by atoms with Crippen molar-refractivity contribution < 1.29 is 4.74 Å². The Kier molecular flexibility index (Phi) is 4.31. The summed E-state index contributed by atoms with van der Waals surface area (Å²) in [6, 6.07) is 2.31. The summed E-state index contributed by atoms with van der Waals surface area (Å²) < 4.78 is 7.86. The van der Waals surface area contributed by atoms with Crippen LogP contribution in [0.15, 0.2) is 6.07 Å². The topological polar surface area (TPSA) is 53.1 Å². The van der Waals surface area contributed by atoms with Crippen LogP contribution in [0.25, 0.3) is 0 Å². The molecule has 19 heavy (non-hydrogen) atoms. The van der Waals surface area contributed by atoms with Crippen molar-refractivity contribution in [3.8, 4) is 0 Å². The molecule has 1 saturated heterocycles. The standard InChI is InChI=1S/C15H27N3O/c1-6-12-7-13(18(5)17-12)8-14(16)15-9(2)10(3)19-11(15)4/h7,9-11,14-15H,6,8,16H2,1-5H3. The first-order chi connectivity index (χ1) is 8.93. The summed E-state index contributed by atoms with van der Waals surface area (Å²) in [5, 5.41) is 4.49. The lowest BCUT2D eigenvalue weighted by atomic mass is 9.82. The van der Waals surface area contributed by atoms with Gasteiger partial charge in [-0.25, -0.2) is 0 Å². The van der Waals surface area contributed by atoms with E-state index in [1.807, 2.05) is 11.7 Å². The molecule has 4 nitrogen and oxygen atoms in total. The van der Waals surface area contributed by atoms with E-state index in [-0.39, 0.29) is 12.1 Å². The minimum Gasteiger partial charge on any atom is -0.375 e. The number of hydrogen-bond acceptors (Lipinski definition) is 3. The van der Waals surface area contributed by atoms with Gasteiger partial charge in [0.1, 0.15) is 0 Å². The molecule has 0 amide bonds. The van der Waals surface area contributed by atoms with Gasteiger partial charge in [0.25, 0.3) is 0 Å². The third-order valence-electron chi connectivity index (χ3n) is 4.65. The minimum atomic E-state index is 0.134. The fourth-order valence-electron chi connectivity index (χ4n) is 3.34. The van der Waals surface area contributed by atoms with Crippen LogP contribution < -0.4 is 5.73 Å². The Labute approximate surface area is 116 Å². The molecule has 0 aromatic carbocycles. The highest BCUT2D eigenvalue weighted by Gasteiger charge is 2.40. The van der Waals surface area contributed by atoms with Crippen molar-refractivity contribution >= 4 is 0 Å². The van der Waals surface area contributed by atoms with E-state index in [2.05, 4.69) is 38.9 Å². The minimum absolute atomic E-state index is 0.134. The van der Waals surface area contributed by atoms with Crippen molar-refractivity contribution in [1.82, 2.24) is 9.78 Å². The average molecular weight is 265 g/mol. The van der Waals surface area contributed by atoms with Crippen LogP contribution >= 0.6 is 0 Å². The Morgan fingerprint density at radius 2 is 2.05 bits per heavy atom. The second-order valence-electron chi connectivity index (χ2n) is 5.95. The van der Waals surface area contributed by atoms with Crippen LogP contribution in [0.1, 0.15) is 39.1 Å². The third kappa shape index (κ3) is 2.84. The van der Waals surface area contributed by atoms with Gasteiger partial charge in [-0.05, 0) is 32.3 Å². The molecule has 2 rings (SSSR count). The molecule has 2 N–H and O–H groups in total. The highest BCUT2D eigenvalue weighted by atomic mass is 16.5. The summed E-state index contributed by atoms with van der Waals surface area (Å²) in [7, 11) is 2.00. The van der Waals surface area contributed by atoms with Crippen molar-refractivity contribution in [1.29, 1.82) is 0 Å². The molecule has 1 aliphatic heterocycles. The van der Waals surface area contributed by atoms with Gasteiger partial charge in [-0.1, -0.05) is 13.8 Å². The quantitative estimate of drug-likeness (QED) is 0.905. The van der Waals surface area contributed by atoms with Gasteiger partial charge in [0, 0.05) is 31.1 Å². The second-order valence-corrected chi connectivity index (χ2v) is 5.95. The number of nitrogens with two attached hydrogens (primary N) is 1. The molecule has 5 unspecified atom stereocenters. The highest BCUT2D eigenvalue weighted by Crippen LogP contribution is 2.34. The summed E-state index contributed by atoms with van der Waals surface area (Å²) in [4.78, 5) is 0. The molecule has 2 heterocycles. The van der Waals surface area contributed by atoms with Crippen molar-refractivity contribution in [3.05, 3.63) is 17.5 Å². The van der Waals surface area contributed by atoms with Crippen molar-refractivity contribution in [3.63, 3.8) is 0 Å². The average Bonchev–Trinajstić information content (AvgIpc) is 2.81. The van der Waals surface area contributed by atoms with Crippen LogP contribution in [0.2, 0.25) is 0 Å². The molecular formula is C15H27N3O. The zero-order chi connectivity index (χ0) is 14.2. The number of hydrogen-bond donors (Lipinski definition) is 1. The molecule has 0 spiro atoms. The van der Waals surface area contributed by atoms with E-state index >= 15 is 0 Å². The fraction of sp³-hybridized carbons (Fsp3) is 0.800. The van der Waals surface area contributed by atoms with Gasteiger partial charge >= 0.3 is 0 Å². The van der Waals surface area contributed by atoms with Crippen LogP contribution in [0.3, 0.4) is 0 Å². The van der Waals surface area contributed by atoms with E-state index in [9.17, 15) is 0 Å². The molecular weight excluding hydrogens is 238 g/mol. The van der Waals surface area contributed by atoms with E-state index in [1.54, 1.807) is 0 Å². The van der Waals surface area contributed by atoms with Crippen LogP contribution in [0.5, 0.6) is 0 Å². The first-order valence-corrected chi connectivity index (χ1v) is 7.36. The molecule has 1 aromatic heterocycles. The Morgan fingerprint density at radius 3 is 2.53 bits per heavy atom. The lowest BCUT2D eigenvalue weighted by Crippen LogP contribution is -2.39. The summed E-state index contributed by atoms with van der Waals surface area (Å²) in [6.45, 7) is 8.67. The third-order valence-corrected chi connectivity index (χ3v) is 4.65. The van der Waals surface area contributed by atoms with Gasteiger partial charge in [-0.2, -0.15) is 5.10 Å². The SMILES string of the molecule is CCc1cc(CC(N)C2C(C)OC(C)C2C)n(C)n1. The number of aryl methyl sites for hydroxylation is 2. The number of nitrogens with zero attached hydrogens (tertiary/aromatic N) is 2. The maximum atomic E-state index is 6.45. The summed E-state index contributed by atoms with van der Waals surface area (Å²) in [6.07, 6.45) is 2.40. The normalized spacial score (nSPS) is 32.7. The van der Waals surface area contributed by atoms with Crippen LogP contribution in [-0.4, -0.2) is 28.0 Å². The smallest absolute Gasteiger partial charge is 0.0624 e. The maximum Gasteiger partial charge on any atom is 0.0624 e. The molecule has 0 bridgehead atoms. The molecule has 5 atom stereocenters. The van der Waals surface area contributed by atoms with Crippen LogP contribution in [-0.2, 0) is 24.6 Å². The number of rotatable bonds is 4. The van der Waals surface area contributed by atoms with Crippen LogP contribution in [0.4, 0.5) is 0 Å². The van der Waals surface area contributed by atoms with Gasteiger partial charge in [-0.3, -0.25) is 4.68 Å². The van der Waals surface area contributed by atoms with E-state index in [0.29, 0.717) is 17.9 Å². The first kappa shape index (κ1) is 14.5. The monoisotopic (exact) mass is 265 g/mol. The Morgan fingerprint density at radius 1 is 1.37 bits per heavy atom. The molecule has 108 valence electrons. The van der Waals surface area contributed by atoms with Crippen molar-refractivity contribution in [2.45, 2.75) is 58.8 Å². The number of aromatic nitrogens is 2. The van der Waals surface area contributed by atoms with Crippen molar-refractivity contribution in [2.75, 3.05) is 0 Å². The fourth-order valence-corrected chi connectivity index (χ4v) is 3.34. The zero-order valence-electron chi connectivity index (χ0n) is 12.8. The van der Waals surface area contributed by atoms with E-state index in [4.69, 9.17) is 10.5 Å². The van der Waals surface area contributed by atoms with Gasteiger partial charge in [0.05, 0.1) is 17.9 Å². The first-order valence-electron chi connectivity index (χ1n) is 7.36. The largest absolute Gasteiger partial charge is 0.375 e. The van der Waals surface area contributed by atoms with Crippen molar-refractivity contribution in [2.24, 2.45) is 24.6 Å². The van der Waals surface area contributed by atoms with Crippen LogP contribution in [0, 0.1) is 11.8 Å². The van der Waals surface area contributed by atoms with Gasteiger partial charge in [0.2, 0.25) is 0 Å². The molecule has 1 aliphatic rings. The van der Waals surface area contributed by atoms with Gasteiger partial charge < -0.3 is 10.5 Å². The molecule has 0 radical (unpaired) electrons. The summed E-state index contributed by atoms with van der Waals surface area (Å²) in [5.41, 5.74) is 8.82. The molecule has 1 fully saturated rings. The van der Waals surface area contributed by atoms with Gasteiger partial charge in [0.15, 0.2) is 0 Å². The molecule has 0 aliphatic carbocycles. The summed E-state index contributed by atoms with van der Waals surface area (Å²) in [5.74, 6) is 0.943. The zero-order valence-corrected chi connectivity index (χ0v) is 12.8. The predicted molar refractivity (Wildman–Crippen MR) is 76.9 cm³/mol. The number of ether oxygens (including phenoxy) is 1. The van der Waals surface area contributed by atoms with Gasteiger partial charge in [-0.15, -0.1) is 0 Å². The van der Waals surface area contributed by atoms with E-state index in [1.165, 1.54) is 5.69 Å². The lowest BCUT2D eigenvalue weighted by Gasteiger charge is -2.25. The van der Waals surface area contributed by atoms with E-state index in [0.717, 1.165) is 18.5 Å². The second kappa shape index (κ2) is 5.63. The Bertz CT molecular complexity index is 429. The maximum absolute atomic E-state index is 6.45. The summed E-state index contributed by atoms with van der Waals surface area (Å²) >= 11 is 0. The Balaban J connectivity index is 2.08. The molecule has 0 saturated carbocycles. The molecule has 4 heteroatoms.